The summed E-state index contributed by atoms with van der Waals surface area (Å²) in [5.41, 5.74) is 3.54. The van der Waals surface area contributed by atoms with E-state index in [1.165, 1.54) is 28.6 Å². The number of fused-ring (bicyclic) bond motifs is 3. The van der Waals surface area contributed by atoms with Gasteiger partial charge < -0.3 is 14.6 Å². The molecular weight excluding hydrogens is 312 g/mol. The molecule has 1 amide bonds. The first-order valence-corrected chi connectivity index (χ1v) is 9.11. The number of rotatable bonds is 4. The normalized spacial score (nSPS) is 17.2. The third-order valence-corrected chi connectivity index (χ3v) is 4.69. The number of aromatic nitrogens is 1. The summed E-state index contributed by atoms with van der Waals surface area (Å²) in [4.78, 5) is 11.9. The second kappa shape index (κ2) is 6.95. The minimum Gasteiger partial charge on any atom is -0.444 e. The van der Waals surface area contributed by atoms with Crippen LogP contribution in [0.4, 0.5) is 4.79 Å². The number of hydrogen-bond donors (Lipinski definition) is 1. The van der Waals surface area contributed by atoms with Crippen LogP contribution in [0.1, 0.15) is 50.9 Å². The van der Waals surface area contributed by atoms with Crippen molar-refractivity contribution >= 4 is 17.0 Å². The zero-order valence-electron chi connectivity index (χ0n) is 15.5. The number of benzene rings is 1. The quantitative estimate of drug-likeness (QED) is 0.815. The summed E-state index contributed by atoms with van der Waals surface area (Å²) in [6.07, 6.45) is 5.92. The Morgan fingerprint density at radius 2 is 2.16 bits per heavy atom. The number of nitrogens with zero attached hydrogens (tertiary/aromatic N) is 1. The number of alkyl carbamates (subject to hydrolysis) is 1. The van der Waals surface area contributed by atoms with Gasteiger partial charge in [-0.15, -0.1) is 6.58 Å². The van der Waals surface area contributed by atoms with Gasteiger partial charge in [-0.3, -0.25) is 0 Å². The Balaban J connectivity index is 1.82. The SMILES string of the molecule is C=CC1CCCc2c(CCNC(=O)OC(C)(C)C)c3ccccc3n21. The summed E-state index contributed by atoms with van der Waals surface area (Å²) >= 11 is 0. The molecule has 1 N–H and O–H groups in total. The van der Waals surface area contributed by atoms with Gasteiger partial charge in [0.2, 0.25) is 0 Å². The molecule has 0 radical (unpaired) electrons. The molecule has 25 heavy (non-hydrogen) atoms. The molecule has 2 heterocycles. The summed E-state index contributed by atoms with van der Waals surface area (Å²) < 4.78 is 7.76. The van der Waals surface area contributed by atoms with Crippen molar-refractivity contribution in [3.8, 4) is 0 Å². The largest absolute Gasteiger partial charge is 0.444 e. The third kappa shape index (κ3) is 3.73. The van der Waals surface area contributed by atoms with Crippen LogP contribution >= 0.6 is 0 Å². The Morgan fingerprint density at radius 3 is 2.88 bits per heavy atom. The minimum atomic E-state index is -0.469. The van der Waals surface area contributed by atoms with Crippen LogP contribution in [-0.4, -0.2) is 22.8 Å². The lowest BCUT2D eigenvalue weighted by molar-refractivity contribution is 0.0528. The number of hydrogen-bond acceptors (Lipinski definition) is 2. The predicted molar refractivity (Wildman–Crippen MR) is 102 cm³/mol. The maximum atomic E-state index is 11.9. The lowest BCUT2D eigenvalue weighted by Crippen LogP contribution is -2.33. The molecule has 1 aromatic carbocycles. The molecule has 1 aliphatic rings. The van der Waals surface area contributed by atoms with E-state index in [-0.39, 0.29) is 6.09 Å². The molecule has 0 bridgehead atoms. The summed E-state index contributed by atoms with van der Waals surface area (Å²) in [6, 6.07) is 8.91. The highest BCUT2D eigenvalue weighted by Crippen LogP contribution is 2.36. The molecule has 0 fully saturated rings. The van der Waals surface area contributed by atoms with Crippen LogP contribution in [0.25, 0.3) is 10.9 Å². The number of carbonyl (C=O) groups is 1. The van der Waals surface area contributed by atoms with Crippen molar-refractivity contribution in [3.05, 3.63) is 48.2 Å². The Labute approximate surface area is 149 Å². The number of ether oxygens (including phenoxy) is 1. The van der Waals surface area contributed by atoms with Gasteiger partial charge in [0, 0.05) is 23.1 Å². The van der Waals surface area contributed by atoms with E-state index in [2.05, 4.69) is 46.8 Å². The summed E-state index contributed by atoms with van der Waals surface area (Å²) in [6.45, 7) is 10.2. The molecule has 3 rings (SSSR count). The molecule has 4 nitrogen and oxygen atoms in total. The number of nitrogens with one attached hydrogen (secondary N) is 1. The molecule has 4 heteroatoms. The van der Waals surface area contributed by atoms with E-state index in [1.807, 2.05) is 20.8 Å². The first-order chi connectivity index (χ1) is 11.9. The van der Waals surface area contributed by atoms with Crippen LogP contribution in [0.15, 0.2) is 36.9 Å². The fourth-order valence-electron chi connectivity index (χ4n) is 3.75. The van der Waals surface area contributed by atoms with Crippen molar-refractivity contribution in [2.24, 2.45) is 0 Å². The van der Waals surface area contributed by atoms with E-state index < -0.39 is 5.60 Å². The molecular formula is C21H28N2O2. The summed E-state index contributed by atoms with van der Waals surface area (Å²) in [5.74, 6) is 0. The third-order valence-electron chi connectivity index (χ3n) is 4.69. The average molecular weight is 340 g/mol. The Kier molecular flexibility index (Phi) is 4.89. The van der Waals surface area contributed by atoms with Gasteiger partial charge in [-0.2, -0.15) is 0 Å². The van der Waals surface area contributed by atoms with E-state index in [1.54, 1.807) is 0 Å². The van der Waals surface area contributed by atoms with E-state index in [9.17, 15) is 4.79 Å². The highest BCUT2D eigenvalue weighted by molar-refractivity contribution is 5.86. The minimum absolute atomic E-state index is 0.353. The fourth-order valence-corrected chi connectivity index (χ4v) is 3.75. The lowest BCUT2D eigenvalue weighted by atomic mass is 9.99. The Morgan fingerprint density at radius 1 is 1.40 bits per heavy atom. The number of allylic oxidation sites excluding steroid dienone is 1. The van der Waals surface area contributed by atoms with Crippen LogP contribution in [0.5, 0.6) is 0 Å². The molecule has 0 spiro atoms. The maximum Gasteiger partial charge on any atom is 0.407 e. The van der Waals surface area contributed by atoms with E-state index in [4.69, 9.17) is 4.74 Å². The first kappa shape index (κ1) is 17.6. The zero-order chi connectivity index (χ0) is 18.0. The van der Waals surface area contributed by atoms with Crippen molar-refractivity contribution in [1.82, 2.24) is 9.88 Å². The van der Waals surface area contributed by atoms with Gasteiger partial charge in [0.1, 0.15) is 5.60 Å². The van der Waals surface area contributed by atoms with Crippen molar-refractivity contribution < 1.29 is 9.53 Å². The van der Waals surface area contributed by atoms with Gasteiger partial charge >= 0.3 is 6.09 Å². The second-order valence-corrected chi connectivity index (χ2v) is 7.69. The molecule has 0 saturated carbocycles. The van der Waals surface area contributed by atoms with Crippen LogP contribution in [0.2, 0.25) is 0 Å². The Bertz CT molecular complexity index is 783. The highest BCUT2D eigenvalue weighted by Gasteiger charge is 2.24. The maximum absolute atomic E-state index is 11.9. The van der Waals surface area contributed by atoms with Crippen LogP contribution in [0.3, 0.4) is 0 Å². The molecule has 1 unspecified atom stereocenters. The molecule has 0 aliphatic carbocycles. The lowest BCUT2D eigenvalue weighted by Gasteiger charge is -2.25. The topological polar surface area (TPSA) is 43.3 Å². The number of amides is 1. The van der Waals surface area contributed by atoms with Crippen LogP contribution in [-0.2, 0) is 17.6 Å². The predicted octanol–water partition coefficient (Wildman–Crippen LogP) is 4.77. The first-order valence-electron chi connectivity index (χ1n) is 9.11. The Hall–Kier alpha value is -2.23. The summed E-state index contributed by atoms with van der Waals surface area (Å²) in [7, 11) is 0. The molecule has 0 saturated heterocycles. The molecule has 134 valence electrons. The molecule has 1 aromatic heterocycles. The van der Waals surface area contributed by atoms with Gasteiger partial charge in [0.25, 0.3) is 0 Å². The number of para-hydroxylation sites is 1. The van der Waals surface area contributed by atoms with Gasteiger partial charge in [-0.1, -0.05) is 24.3 Å². The standard InChI is InChI=1S/C21H28N2O2/c1-5-15-9-8-12-19-17(13-14-22-20(24)25-21(2,3)4)16-10-6-7-11-18(16)23(15)19/h5-7,10-11,15H,1,8-9,12-14H2,2-4H3,(H,22,24). The highest BCUT2D eigenvalue weighted by atomic mass is 16.6. The van der Waals surface area contributed by atoms with Crippen LogP contribution < -0.4 is 5.32 Å². The van der Waals surface area contributed by atoms with E-state index in [0.29, 0.717) is 12.6 Å². The van der Waals surface area contributed by atoms with Crippen molar-refractivity contribution in [2.75, 3.05) is 6.54 Å². The van der Waals surface area contributed by atoms with Gasteiger partial charge in [-0.05, 0) is 58.1 Å². The van der Waals surface area contributed by atoms with Crippen molar-refractivity contribution in [1.29, 1.82) is 0 Å². The second-order valence-electron chi connectivity index (χ2n) is 7.69. The molecule has 2 aromatic rings. The molecule has 1 atom stereocenters. The zero-order valence-corrected chi connectivity index (χ0v) is 15.5. The summed E-state index contributed by atoms with van der Waals surface area (Å²) in [5, 5.41) is 4.17. The average Bonchev–Trinajstić information content (AvgIpc) is 2.88. The van der Waals surface area contributed by atoms with Crippen molar-refractivity contribution in [2.45, 2.75) is 58.1 Å². The van der Waals surface area contributed by atoms with Crippen LogP contribution in [0, 0.1) is 0 Å². The smallest absolute Gasteiger partial charge is 0.407 e. The monoisotopic (exact) mass is 340 g/mol. The fraction of sp³-hybridized carbons (Fsp3) is 0.476. The molecule has 1 aliphatic heterocycles. The van der Waals surface area contributed by atoms with E-state index >= 15 is 0 Å². The number of carbonyl (C=O) groups excluding carboxylic acids is 1. The van der Waals surface area contributed by atoms with Gasteiger partial charge in [0.15, 0.2) is 0 Å². The van der Waals surface area contributed by atoms with E-state index in [0.717, 1.165) is 19.3 Å². The van der Waals surface area contributed by atoms with Gasteiger partial charge in [0.05, 0.1) is 6.04 Å². The van der Waals surface area contributed by atoms with Crippen molar-refractivity contribution in [3.63, 3.8) is 0 Å². The van der Waals surface area contributed by atoms with Gasteiger partial charge in [-0.25, -0.2) is 4.79 Å².